The van der Waals surface area contributed by atoms with E-state index in [0.29, 0.717) is 5.92 Å². The van der Waals surface area contributed by atoms with Gasteiger partial charge in [-0.2, -0.15) is 4.98 Å². The molecule has 0 bridgehead atoms. The second-order valence-corrected chi connectivity index (χ2v) is 5.83. The second-order valence-electron chi connectivity index (χ2n) is 5.83. The van der Waals surface area contributed by atoms with Crippen LogP contribution in [0.1, 0.15) is 48.9 Å². The van der Waals surface area contributed by atoms with E-state index in [1.807, 2.05) is 12.1 Å². The van der Waals surface area contributed by atoms with E-state index in [1.54, 1.807) is 7.11 Å². The number of nitrogens with zero attached hydrogens (tertiary/aromatic N) is 2. The predicted molar refractivity (Wildman–Crippen MR) is 82.2 cm³/mol. The van der Waals surface area contributed by atoms with Crippen molar-refractivity contribution in [1.82, 2.24) is 10.1 Å². The Morgan fingerprint density at radius 3 is 2.64 bits per heavy atom. The van der Waals surface area contributed by atoms with Crippen LogP contribution in [0.4, 0.5) is 0 Å². The smallest absolute Gasteiger partial charge is 0.229 e. The number of hydrogen-bond acceptors (Lipinski definition) is 5. The summed E-state index contributed by atoms with van der Waals surface area (Å²) >= 11 is 0. The van der Waals surface area contributed by atoms with Crippen LogP contribution >= 0.6 is 0 Å². The van der Waals surface area contributed by atoms with E-state index < -0.39 is 0 Å². The Kier molecular flexibility index (Phi) is 4.73. The summed E-state index contributed by atoms with van der Waals surface area (Å²) in [7, 11) is 1.68. The van der Waals surface area contributed by atoms with Crippen LogP contribution < -0.4 is 4.74 Å². The summed E-state index contributed by atoms with van der Waals surface area (Å²) in [6, 6.07) is 8.11. The molecule has 2 heterocycles. The molecule has 1 aromatic carbocycles. The Morgan fingerprint density at radius 2 is 1.95 bits per heavy atom. The number of rotatable bonds is 5. The van der Waals surface area contributed by atoms with Gasteiger partial charge < -0.3 is 14.0 Å². The van der Waals surface area contributed by atoms with Gasteiger partial charge >= 0.3 is 0 Å². The quantitative estimate of drug-likeness (QED) is 0.848. The molecule has 0 N–H and O–H groups in total. The van der Waals surface area contributed by atoms with Gasteiger partial charge in [-0.15, -0.1) is 0 Å². The average Bonchev–Trinajstić information content (AvgIpc) is 3.06. The molecule has 0 saturated carbocycles. The Bertz CT molecular complexity index is 588. The molecule has 0 amide bonds. The van der Waals surface area contributed by atoms with Crippen molar-refractivity contribution < 1.29 is 14.0 Å². The molecule has 2 aromatic rings. The fourth-order valence-corrected chi connectivity index (χ4v) is 2.76. The van der Waals surface area contributed by atoms with E-state index >= 15 is 0 Å². The van der Waals surface area contributed by atoms with Gasteiger partial charge in [-0.05, 0) is 37.0 Å². The third-order valence-electron chi connectivity index (χ3n) is 4.17. The Labute approximate surface area is 130 Å². The van der Waals surface area contributed by atoms with E-state index in [4.69, 9.17) is 14.0 Å². The van der Waals surface area contributed by atoms with E-state index in [0.717, 1.165) is 49.9 Å². The van der Waals surface area contributed by atoms with E-state index in [1.165, 1.54) is 5.56 Å². The van der Waals surface area contributed by atoms with Crippen LogP contribution in [0.15, 0.2) is 28.8 Å². The molecule has 1 aliphatic heterocycles. The molecular formula is C17H22N2O3. The zero-order chi connectivity index (χ0) is 15.4. The summed E-state index contributed by atoms with van der Waals surface area (Å²) in [6.07, 6.45) is 2.82. The van der Waals surface area contributed by atoms with Crippen LogP contribution in [-0.2, 0) is 11.2 Å². The molecule has 3 rings (SSSR count). The number of aromatic nitrogens is 2. The van der Waals surface area contributed by atoms with Crippen LogP contribution in [0.2, 0.25) is 0 Å². The van der Waals surface area contributed by atoms with Gasteiger partial charge in [-0.25, -0.2) is 0 Å². The molecule has 22 heavy (non-hydrogen) atoms. The highest BCUT2D eigenvalue weighted by Crippen LogP contribution is 2.27. The number of hydrogen-bond donors (Lipinski definition) is 0. The van der Waals surface area contributed by atoms with Crippen LogP contribution in [0, 0.1) is 0 Å². The van der Waals surface area contributed by atoms with Gasteiger partial charge in [0, 0.05) is 25.0 Å². The largest absolute Gasteiger partial charge is 0.497 e. The lowest BCUT2D eigenvalue weighted by Gasteiger charge is -2.18. The van der Waals surface area contributed by atoms with Crippen LogP contribution in [0.3, 0.4) is 0 Å². The lowest BCUT2D eigenvalue weighted by atomic mass is 9.99. The summed E-state index contributed by atoms with van der Waals surface area (Å²) in [5.41, 5.74) is 1.24. The van der Waals surface area contributed by atoms with Crippen LogP contribution in [-0.4, -0.2) is 30.5 Å². The van der Waals surface area contributed by atoms with Crippen molar-refractivity contribution in [2.45, 2.75) is 38.0 Å². The SMILES string of the molecule is COc1ccc(CC(C)c2noc(C3CCOCC3)n2)cc1. The highest BCUT2D eigenvalue weighted by molar-refractivity contribution is 5.28. The lowest BCUT2D eigenvalue weighted by molar-refractivity contribution is 0.0778. The van der Waals surface area contributed by atoms with Gasteiger partial charge in [0.2, 0.25) is 5.89 Å². The van der Waals surface area contributed by atoms with Gasteiger partial charge in [0.15, 0.2) is 5.82 Å². The zero-order valence-corrected chi connectivity index (χ0v) is 13.1. The molecule has 5 nitrogen and oxygen atoms in total. The van der Waals surface area contributed by atoms with Gasteiger partial charge in [0.05, 0.1) is 7.11 Å². The molecule has 1 unspecified atom stereocenters. The van der Waals surface area contributed by atoms with Crippen LogP contribution in [0.25, 0.3) is 0 Å². The molecule has 1 aromatic heterocycles. The summed E-state index contributed by atoms with van der Waals surface area (Å²) in [5, 5.41) is 4.17. The lowest BCUT2D eigenvalue weighted by Crippen LogP contribution is -2.14. The number of ether oxygens (including phenoxy) is 2. The Morgan fingerprint density at radius 1 is 1.23 bits per heavy atom. The van der Waals surface area contributed by atoms with Crippen molar-refractivity contribution >= 4 is 0 Å². The molecule has 118 valence electrons. The minimum Gasteiger partial charge on any atom is -0.497 e. The molecule has 0 radical (unpaired) electrons. The van der Waals surface area contributed by atoms with Gasteiger partial charge in [-0.3, -0.25) is 0 Å². The minimum absolute atomic E-state index is 0.228. The van der Waals surface area contributed by atoms with Crippen molar-refractivity contribution in [2.75, 3.05) is 20.3 Å². The first-order valence-corrected chi connectivity index (χ1v) is 7.80. The minimum atomic E-state index is 0.228. The summed E-state index contributed by atoms with van der Waals surface area (Å²) in [4.78, 5) is 4.61. The van der Waals surface area contributed by atoms with Crippen molar-refractivity contribution in [3.63, 3.8) is 0 Å². The predicted octanol–water partition coefficient (Wildman–Crippen LogP) is 3.32. The first-order chi connectivity index (χ1) is 10.8. The summed E-state index contributed by atoms with van der Waals surface area (Å²) < 4.78 is 16.0. The molecule has 1 fully saturated rings. The fourth-order valence-electron chi connectivity index (χ4n) is 2.76. The third-order valence-corrected chi connectivity index (χ3v) is 4.17. The first kappa shape index (κ1) is 15.0. The molecule has 0 aliphatic carbocycles. The number of benzene rings is 1. The third kappa shape index (κ3) is 3.47. The van der Waals surface area contributed by atoms with Gasteiger partial charge in [0.1, 0.15) is 5.75 Å². The standard InChI is InChI=1S/C17H22N2O3/c1-12(11-13-3-5-15(20-2)6-4-13)16-18-17(22-19-16)14-7-9-21-10-8-14/h3-6,12,14H,7-11H2,1-2H3. The molecule has 5 heteroatoms. The fraction of sp³-hybridized carbons (Fsp3) is 0.529. The Balaban J connectivity index is 1.64. The molecular weight excluding hydrogens is 280 g/mol. The average molecular weight is 302 g/mol. The monoisotopic (exact) mass is 302 g/mol. The van der Waals surface area contributed by atoms with Crippen molar-refractivity contribution in [1.29, 1.82) is 0 Å². The maximum Gasteiger partial charge on any atom is 0.229 e. The summed E-state index contributed by atoms with van der Waals surface area (Å²) in [6.45, 7) is 3.69. The van der Waals surface area contributed by atoms with Crippen molar-refractivity contribution in [3.8, 4) is 5.75 Å². The van der Waals surface area contributed by atoms with Gasteiger partial charge in [0.25, 0.3) is 0 Å². The van der Waals surface area contributed by atoms with E-state index in [9.17, 15) is 0 Å². The second kappa shape index (κ2) is 6.92. The maximum atomic E-state index is 5.46. The topological polar surface area (TPSA) is 57.4 Å². The molecule has 1 saturated heterocycles. The summed E-state index contributed by atoms with van der Waals surface area (Å²) in [5.74, 6) is 3.00. The zero-order valence-electron chi connectivity index (χ0n) is 13.1. The number of methoxy groups -OCH3 is 1. The molecule has 1 atom stereocenters. The van der Waals surface area contributed by atoms with Crippen molar-refractivity contribution in [2.24, 2.45) is 0 Å². The van der Waals surface area contributed by atoms with E-state index in [2.05, 4.69) is 29.2 Å². The molecule has 0 spiro atoms. The maximum absolute atomic E-state index is 5.46. The highest BCUT2D eigenvalue weighted by atomic mass is 16.5. The van der Waals surface area contributed by atoms with E-state index in [-0.39, 0.29) is 5.92 Å². The Hall–Kier alpha value is -1.88. The van der Waals surface area contributed by atoms with Crippen LogP contribution in [0.5, 0.6) is 5.75 Å². The van der Waals surface area contributed by atoms with Gasteiger partial charge in [-0.1, -0.05) is 24.2 Å². The normalized spacial score (nSPS) is 17.4. The van der Waals surface area contributed by atoms with Crippen molar-refractivity contribution in [3.05, 3.63) is 41.5 Å². The first-order valence-electron chi connectivity index (χ1n) is 7.80. The highest BCUT2D eigenvalue weighted by Gasteiger charge is 2.23. The molecule has 1 aliphatic rings.